The van der Waals surface area contributed by atoms with Gasteiger partial charge in [-0.15, -0.1) is 0 Å². The zero-order valence-electron chi connectivity index (χ0n) is 8.67. The topological polar surface area (TPSA) is 98.1 Å². The first-order valence-corrected chi connectivity index (χ1v) is 6.36. The van der Waals surface area contributed by atoms with E-state index in [9.17, 15) is 8.42 Å². The van der Waals surface area contributed by atoms with E-state index >= 15 is 0 Å². The second kappa shape index (κ2) is 9.98. The van der Waals surface area contributed by atoms with E-state index in [4.69, 9.17) is 14.8 Å². The lowest BCUT2D eigenvalue weighted by Gasteiger charge is -2.17. The zero-order valence-corrected chi connectivity index (χ0v) is 9.49. The molecule has 0 aromatic heterocycles. The Labute approximate surface area is 97.8 Å². The number of unbranched alkanes of at least 4 members (excludes halogenated alkanes) is 2. The molecular formula is C9H23NO5S. The van der Waals surface area contributed by atoms with Crippen LogP contribution in [-0.2, 0) is 10.3 Å². The molecule has 0 aliphatic rings. The molecule has 0 aliphatic carbocycles. The van der Waals surface area contributed by atoms with Crippen molar-refractivity contribution in [3.8, 4) is 0 Å². The van der Waals surface area contributed by atoms with Crippen LogP contribution in [0.25, 0.3) is 0 Å². The van der Waals surface area contributed by atoms with Gasteiger partial charge in [0.15, 0.2) is 0 Å². The molecule has 0 amide bonds. The molecule has 0 aromatic carbocycles. The van der Waals surface area contributed by atoms with Crippen molar-refractivity contribution in [1.29, 1.82) is 0 Å². The van der Waals surface area contributed by atoms with Gasteiger partial charge < -0.3 is 10.2 Å². The van der Waals surface area contributed by atoms with Gasteiger partial charge in [-0.25, -0.2) is 0 Å². The van der Waals surface area contributed by atoms with Gasteiger partial charge in [0.1, 0.15) is 0 Å². The van der Waals surface area contributed by atoms with Crippen molar-refractivity contribution in [2.24, 2.45) is 0 Å². The van der Waals surface area contributed by atoms with Crippen LogP contribution in [-0.4, -0.2) is 53.8 Å². The van der Waals surface area contributed by atoms with Crippen LogP contribution in [0.1, 0.15) is 33.1 Å². The first-order chi connectivity index (χ1) is 7.02. The molecule has 0 unspecified atom stereocenters. The van der Waals surface area contributed by atoms with Gasteiger partial charge in [0.2, 0.25) is 0 Å². The Bertz CT molecular complexity index is 232. The molecule has 0 rings (SSSR count). The molecule has 7 heteroatoms. The van der Waals surface area contributed by atoms with Gasteiger partial charge in [-0.3, -0.25) is 4.55 Å². The Morgan fingerprint density at radius 1 is 0.875 bits per heavy atom. The van der Waals surface area contributed by atoms with Crippen LogP contribution in [0.4, 0.5) is 0 Å². The molecule has 0 saturated carbocycles. The second-order valence-electron chi connectivity index (χ2n) is 3.24. The van der Waals surface area contributed by atoms with Crippen LogP contribution in [0.15, 0.2) is 0 Å². The van der Waals surface area contributed by atoms with E-state index in [0.717, 1.165) is 4.31 Å². The van der Waals surface area contributed by atoms with Crippen molar-refractivity contribution in [3.05, 3.63) is 0 Å². The summed E-state index contributed by atoms with van der Waals surface area (Å²) in [5, 5.41) is 17.1. The number of aliphatic hydroxyl groups excluding tert-OH is 2. The third-order valence-electron chi connectivity index (χ3n) is 1.96. The highest BCUT2D eigenvalue weighted by Crippen LogP contribution is 2.03. The van der Waals surface area contributed by atoms with Crippen molar-refractivity contribution in [2.45, 2.75) is 33.1 Å². The van der Waals surface area contributed by atoms with Gasteiger partial charge in [0.25, 0.3) is 0 Å². The molecule has 6 nitrogen and oxygen atoms in total. The number of nitrogens with zero attached hydrogens (tertiary/aromatic N) is 1. The lowest BCUT2D eigenvalue weighted by Crippen LogP contribution is -2.32. The molecule has 0 fully saturated rings. The molecule has 0 saturated heterocycles. The Morgan fingerprint density at radius 3 is 1.50 bits per heavy atom. The molecule has 0 bridgehead atoms. The summed E-state index contributed by atoms with van der Waals surface area (Å²) in [6, 6.07) is 0. The highest BCUT2D eigenvalue weighted by Gasteiger charge is 2.17. The van der Waals surface area contributed by atoms with Gasteiger partial charge >= 0.3 is 10.3 Å². The highest BCUT2D eigenvalue weighted by molar-refractivity contribution is 7.83. The summed E-state index contributed by atoms with van der Waals surface area (Å²) < 4.78 is 31.6. The van der Waals surface area contributed by atoms with Crippen LogP contribution < -0.4 is 0 Å². The molecule has 0 aromatic rings. The molecule has 3 N–H and O–H groups in total. The summed E-state index contributed by atoms with van der Waals surface area (Å²) in [4.78, 5) is 0. The number of hydrogen-bond donors (Lipinski definition) is 3. The quantitative estimate of drug-likeness (QED) is 0.407. The van der Waals surface area contributed by atoms with Crippen LogP contribution in [0, 0.1) is 0 Å². The predicted molar refractivity (Wildman–Crippen MR) is 62.5 cm³/mol. The van der Waals surface area contributed by atoms with E-state index < -0.39 is 10.3 Å². The molecule has 0 radical (unpaired) electrons. The first kappa shape index (κ1) is 18.2. The molecule has 0 atom stereocenters. The summed E-state index contributed by atoms with van der Waals surface area (Å²) in [6.45, 7) is 0.418. The van der Waals surface area contributed by atoms with Gasteiger partial charge in [-0.05, 0) is 25.7 Å². The molecule has 0 aliphatic heterocycles. The van der Waals surface area contributed by atoms with E-state index in [-0.39, 0.29) is 33.7 Å². The van der Waals surface area contributed by atoms with Gasteiger partial charge in [-0.2, -0.15) is 12.7 Å². The van der Waals surface area contributed by atoms with Gasteiger partial charge in [0.05, 0.1) is 0 Å². The Hall–Kier alpha value is -0.210. The van der Waals surface area contributed by atoms with Gasteiger partial charge in [0, 0.05) is 26.3 Å². The van der Waals surface area contributed by atoms with E-state index in [1.807, 2.05) is 0 Å². The summed E-state index contributed by atoms with van der Waals surface area (Å²) in [7, 11) is -4.16. The smallest absolute Gasteiger partial charge is 0.335 e. The molecule has 0 spiro atoms. The fraction of sp³-hybridized carbons (Fsp3) is 1.00. The van der Waals surface area contributed by atoms with Crippen LogP contribution in [0.3, 0.4) is 0 Å². The van der Waals surface area contributed by atoms with E-state index in [0.29, 0.717) is 25.7 Å². The normalized spacial score (nSPS) is 11.5. The largest absolute Gasteiger partial charge is 0.396 e. The summed E-state index contributed by atoms with van der Waals surface area (Å²) in [5.74, 6) is 0. The minimum Gasteiger partial charge on any atom is -0.396 e. The average molecular weight is 257 g/mol. The summed E-state index contributed by atoms with van der Waals surface area (Å²) in [6.07, 6.45) is 2.03. The van der Waals surface area contributed by atoms with Crippen LogP contribution >= 0.6 is 0 Å². The van der Waals surface area contributed by atoms with Gasteiger partial charge in [-0.1, -0.05) is 7.43 Å². The lowest BCUT2D eigenvalue weighted by atomic mass is 10.3. The van der Waals surface area contributed by atoms with Crippen molar-refractivity contribution in [1.82, 2.24) is 4.31 Å². The monoisotopic (exact) mass is 257 g/mol. The average Bonchev–Trinajstić information content (AvgIpc) is 2.14. The third-order valence-corrected chi connectivity index (χ3v) is 2.98. The zero-order chi connectivity index (χ0) is 11.7. The van der Waals surface area contributed by atoms with E-state index in [2.05, 4.69) is 0 Å². The number of aliphatic hydroxyl groups is 2. The predicted octanol–water partition coefficient (Wildman–Crippen LogP) is 0.272. The number of rotatable bonds is 9. The maximum Gasteiger partial charge on any atom is 0.335 e. The first-order valence-electron chi connectivity index (χ1n) is 4.96. The SMILES string of the molecule is C.O=S(=O)(O)N(CCCCO)CCCCO. The van der Waals surface area contributed by atoms with Crippen LogP contribution in [0.5, 0.6) is 0 Å². The van der Waals surface area contributed by atoms with E-state index in [1.165, 1.54) is 0 Å². The van der Waals surface area contributed by atoms with Crippen LogP contribution in [0.2, 0.25) is 0 Å². The molecular weight excluding hydrogens is 234 g/mol. The Balaban J connectivity index is 0. The third kappa shape index (κ3) is 9.05. The minimum absolute atomic E-state index is 0. The number of hydrogen-bond acceptors (Lipinski definition) is 4. The van der Waals surface area contributed by atoms with Crippen molar-refractivity contribution in [3.63, 3.8) is 0 Å². The maximum atomic E-state index is 10.9. The molecule has 0 heterocycles. The summed E-state index contributed by atoms with van der Waals surface area (Å²) in [5.41, 5.74) is 0. The lowest BCUT2D eigenvalue weighted by molar-refractivity contribution is 0.261. The molecule has 100 valence electrons. The van der Waals surface area contributed by atoms with Crippen molar-refractivity contribution >= 4 is 10.3 Å². The Kier molecular flexibility index (Phi) is 11.3. The fourth-order valence-corrected chi connectivity index (χ4v) is 1.86. The van der Waals surface area contributed by atoms with Crippen molar-refractivity contribution < 1.29 is 23.2 Å². The fourth-order valence-electron chi connectivity index (χ4n) is 1.14. The maximum absolute atomic E-state index is 10.9. The van der Waals surface area contributed by atoms with E-state index in [1.54, 1.807) is 0 Å². The minimum atomic E-state index is -4.16. The second-order valence-corrected chi connectivity index (χ2v) is 4.65. The summed E-state index contributed by atoms with van der Waals surface area (Å²) >= 11 is 0. The standard InChI is InChI=1S/C8H19NO5S.CH4/c10-7-3-1-5-9(15(12,13)14)6-2-4-8-11;/h10-11H,1-8H2,(H,12,13,14);1H4. The van der Waals surface area contributed by atoms with Crippen molar-refractivity contribution in [2.75, 3.05) is 26.3 Å². The Morgan fingerprint density at radius 2 is 1.25 bits per heavy atom. The molecule has 16 heavy (non-hydrogen) atoms. The highest BCUT2D eigenvalue weighted by atomic mass is 32.2.